The fourth-order valence-corrected chi connectivity index (χ4v) is 3.35. The lowest BCUT2D eigenvalue weighted by Gasteiger charge is -2.30. The summed E-state index contributed by atoms with van der Waals surface area (Å²) in [7, 11) is 0. The van der Waals surface area contributed by atoms with E-state index in [9.17, 15) is 14.4 Å². The fourth-order valence-electron chi connectivity index (χ4n) is 3.35. The summed E-state index contributed by atoms with van der Waals surface area (Å²) in [5, 5.41) is 5.17. The third-order valence-corrected chi connectivity index (χ3v) is 6.45. The van der Waals surface area contributed by atoms with Gasteiger partial charge in [0.2, 0.25) is 5.91 Å². The van der Waals surface area contributed by atoms with Crippen LogP contribution in [0.5, 0.6) is 5.75 Å². The molecule has 0 saturated carbocycles. The lowest BCUT2D eigenvalue weighted by Crippen LogP contribution is -2.33. The van der Waals surface area contributed by atoms with Gasteiger partial charge < -0.3 is 21.1 Å². The zero-order valence-corrected chi connectivity index (χ0v) is 21.1. The average Bonchev–Trinajstić information content (AvgIpc) is 2.81. The second kappa shape index (κ2) is 11.2. The minimum absolute atomic E-state index is 0.0449. The van der Waals surface area contributed by atoms with Gasteiger partial charge in [0.05, 0.1) is 6.54 Å². The van der Waals surface area contributed by atoms with Gasteiger partial charge >= 0.3 is 0 Å². The molecule has 7 heteroatoms. The van der Waals surface area contributed by atoms with Gasteiger partial charge in [0, 0.05) is 16.8 Å². The molecular formula is C27H37N3O4. The van der Waals surface area contributed by atoms with Crippen molar-refractivity contribution in [2.24, 2.45) is 5.73 Å². The highest BCUT2D eigenvalue weighted by Gasteiger charge is 2.27. The molecule has 0 aliphatic heterocycles. The Hall–Kier alpha value is -3.35. The van der Waals surface area contributed by atoms with Crippen molar-refractivity contribution in [3.05, 3.63) is 59.2 Å². The minimum Gasteiger partial charge on any atom is -0.483 e. The van der Waals surface area contributed by atoms with Gasteiger partial charge in [-0.25, -0.2) is 0 Å². The Labute approximate surface area is 202 Å². The molecule has 0 heterocycles. The molecule has 34 heavy (non-hydrogen) atoms. The number of anilines is 1. The summed E-state index contributed by atoms with van der Waals surface area (Å²) in [5.41, 5.74) is 8.07. The quantitative estimate of drug-likeness (QED) is 0.458. The van der Waals surface area contributed by atoms with Gasteiger partial charge in [0.15, 0.2) is 6.61 Å². The van der Waals surface area contributed by atoms with E-state index in [1.165, 1.54) is 11.6 Å². The number of rotatable bonds is 11. The van der Waals surface area contributed by atoms with E-state index in [1.807, 2.05) is 6.07 Å². The van der Waals surface area contributed by atoms with Crippen molar-refractivity contribution < 1.29 is 19.1 Å². The summed E-state index contributed by atoms with van der Waals surface area (Å²) in [4.78, 5) is 35.6. The Morgan fingerprint density at radius 1 is 0.941 bits per heavy atom. The standard InChI is InChI=1S/C27H37N3O4/c1-7-26(3,4)19-12-13-22(21(15-19)27(5,6)8-2)34-17-24(32)30-20-11-9-10-18(14-20)25(33)29-16-23(28)31/h9-15H,7-8,16-17H2,1-6H3,(H2,28,31)(H,29,33)(H,30,32). The van der Waals surface area contributed by atoms with Crippen LogP contribution in [-0.2, 0) is 20.4 Å². The first-order valence-corrected chi connectivity index (χ1v) is 11.6. The number of hydrogen-bond donors (Lipinski definition) is 3. The molecule has 0 radical (unpaired) electrons. The monoisotopic (exact) mass is 467 g/mol. The van der Waals surface area contributed by atoms with E-state index in [4.69, 9.17) is 10.5 Å². The highest BCUT2D eigenvalue weighted by Crippen LogP contribution is 2.38. The van der Waals surface area contributed by atoms with E-state index in [0.29, 0.717) is 17.0 Å². The van der Waals surface area contributed by atoms with E-state index >= 15 is 0 Å². The Kier molecular flexibility index (Phi) is 8.85. The molecule has 2 rings (SSSR count). The SMILES string of the molecule is CCC(C)(C)c1ccc(OCC(=O)Nc2cccc(C(=O)NCC(N)=O)c2)c(C(C)(C)CC)c1. The number of nitrogens with two attached hydrogens (primary N) is 1. The van der Waals surface area contributed by atoms with Crippen molar-refractivity contribution in [3.8, 4) is 5.75 Å². The summed E-state index contributed by atoms with van der Waals surface area (Å²) < 4.78 is 5.96. The van der Waals surface area contributed by atoms with Gasteiger partial charge in [-0.3, -0.25) is 14.4 Å². The number of amides is 3. The van der Waals surface area contributed by atoms with Crippen LogP contribution in [0.2, 0.25) is 0 Å². The summed E-state index contributed by atoms with van der Waals surface area (Å²) in [6.07, 6.45) is 1.94. The number of ether oxygens (including phenoxy) is 1. The van der Waals surface area contributed by atoms with Gasteiger partial charge in [-0.15, -0.1) is 0 Å². The average molecular weight is 468 g/mol. The smallest absolute Gasteiger partial charge is 0.262 e. The highest BCUT2D eigenvalue weighted by atomic mass is 16.5. The maximum Gasteiger partial charge on any atom is 0.262 e. The highest BCUT2D eigenvalue weighted by molar-refractivity contribution is 5.98. The summed E-state index contributed by atoms with van der Waals surface area (Å²) in [6.45, 7) is 12.7. The van der Waals surface area contributed by atoms with Crippen LogP contribution in [0.4, 0.5) is 5.69 Å². The van der Waals surface area contributed by atoms with Crippen molar-refractivity contribution >= 4 is 23.4 Å². The number of carbonyl (C=O) groups is 3. The topological polar surface area (TPSA) is 111 Å². The first-order chi connectivity index (χ1) is 15.9. The first-order valence-electron chi connectivity index (χ1n) is 11.6. The van der Waals surface area contributed by atoms with E-state index in [1.54, 1.807) is 18.2 Å². The van der Waals surface area contributed by atoms with E-state index in [2.05, 4.69) is 64.3 Å². The molecule has 2 aromatic carbocycles. The predicted molar refractivity (Wildman–Crippen MR) is 135 cm³/mol. The van der Waals surface area contributed by atoms with Gasteiger partial charge in [-0.2, -0.15) is 0 Å². The number of carbonyl (C=O) groups excluding carboxylic acids is 3. The second-order valence-corrected chi connectivity index (χ2v) is 9.75. The minimum atomic E-state index is -0.633. The van der Waals surface area contributed by atoms with Crippen LogP contribution in [0.1, 0.15) is 75.9 Å². The van der Waals surface area contributed by atoms with Gasteiger partial charge in [-0.05, 0) is 53.5 Å². The first kappa shape index (κ1) is 26.9. The van der Waals surface area contributed by atoms with Crippen molar-refractivity contribution in [2.75, 3.05) is 18.5 Å². The van der Waals surface area contributed by atoms with E-state index < -0.39 is 11.8 Å². The molecule has 184 valence electrons. The molecule has 0 aliphatic rings. The third-order valence-electron chi connectivity index (χ3n) is 6.45. The molecule has 0 spiro atoms. The molecule has 4 N–H and O–H groups in total. The molecule has 2 aromatic rings. The van der Waals surface area contributed by atoms with Crippen LogP contribution in [0.25, 0.3) is 0 Å². The number of benzene rings is 2. The molecule has 0 aliphatic carbocycles. The van der Waals surface area contributed by atoms with E-state index in [0.717, 1.165) is 18.4 Å². The van der Waals surface area contributed by atoms with Gasteiger partial charge in [-0.1, -0.05) is 59.7 Å². The van der Waals surface area contributed by atoms with Crippen LogP contribution in [0.3, 0.4) is 0 Å². The molecule has 3 amide bonds. The molecule has 0 aromatic heterocycles. The van der Waals surface area contributed by atoms with Gasteiger partial charge in [0.25, 0.3) is 11.8 Å². The molecular weight excluding hydrogens is 430 g/mol. The maximum atomic E-state index is 12.6. The lowest BCUT2D eigenvalue weighted by atomic mass is 9.76. The fraction of sp³-hybridized carbons (Fsp3) is 0.444. The van der Waals surface area contributed by atoms with Crippen LogP contribution < -0.4 is 21.1 Å². The van der Waals surface area contributed by atoms with Gasteiger partial charge in [0.1, 0.15) is 5.75 Å². The van der Waals surface area contributed by atoms with Crippen LogP contribution in [-0.4, -0.2) is 30.9 Å². The van der Waals surface area contributed by atoms with Crippen molar-refractivity contribution in [3.63, 3.8) is 0 Å². The van der Waals surface area contributed by atoms with Crippen LogP contribution >= 0.6 is 0 Å². The Morgan fingerprint density at radius 3 is 2.24 bits per heavy atom. The number of nitrogens with one attached hydrogen (secondary N) is 2. The predicted octanol–water partition coefficient (Wildman–Crippen LogP) is 4.29. The summed E-state index contributed by atoms with van der Waals surface area (Å²) in [6, 6.07) is 12.7. The molecule has 7 nitrogen and oxygen atoms in total. The summed E-state index contributed by atoms with van der Waals surface area (Å²) >= 11 is 0. The normalized spacial score (nSPS) is 11.6. The Bertz CT molecular complexity index is 1040. The number of primary amides is 1. The largest absolute Gasteiger partial charge is 0.483 e. The van der Waals surface area contributed by atoms with Crippen molar-refractivity contribution in [2.45, 2.75) is 65.2 Å². The zero-order chi connectivity index (χ0) is 25.5. The molecule has 0 bridgehead atoms. The number of hydrogen-bond acceptors (Lipinski definition) is 4. The van der Waals surface area contributed by atoms with Crippen LogP contribution in [0, 0.1) is 0 Å². The molecule has 0 saturated heterocycles. The lowest BCUT2D eigenvalue weighted by molar-refractivity contribution is -0.118. The second-order valence-electron chi connectivity index (χ2n) is 9.75. The maximum absolute atomic E-state index is 12.6. The Balaban J connectivity index is 2.13. The summed E-state index contributed by atoms with van der Waals surface area (Å²) in [5.74, 6) is -0.732. The molecule has 0 fully saturated rings. The van der Waals surface area contributed by atoms with E-state index in [-0.39, 0.29) is 29.9 Å². The zero-order valence-electron chi connectivity index (χ0n) is 21.1. The molecule has 0 unspecified atom stereocenters. The Morgan fingerprint density at radius 2 is 1.62 bits per heavy atom. The van der Waals surface area contributed by atoms with Crippen molar-refractivity contribution in [1.29, 1.82) is 0 Å². The molecule has 0 atom stereocenters. The van der Waals surface area contributed by atoms with Crippen molar-refractivity contribution in [1.82, 2.24) is 5.32 Å². The van der Waals surface area contributed by atoms with Crippen LogP contribution in [0.15, 0.2) is 42.5 Å². The third kappa shape index (κ3) is 7.07.